The first-order valence-corrected chi connectivity index (χ1v) is 7.21. The van der Waals surface area contributed by atoms with Gasteiger partial charge in [-0.05, 0) is 25.7 Å². The topological polar surface area (TPSA) is 106 Å². The molecule has 0 bridgehead atoms. The molecular weight excluding hydrogens is 290 g/mol. The van der Waals surface area contributed by atoms with Gasteiger partial charge in [-0.2, -0.15) is 9.61 Å². The number of nitrogens with one attached hydrogen (secondary N) is 1. The van der Waals surface area contributed by atoms with Crippen LogP contribution in [0.5, 0.6) is 5.88 Å². The molecule has 0 unspecified atom stereocenters. The molecule has 8 heteroatoms. The Morgan fingerprint density at radius 1 is 1.55 bits per heavy atom. The van der Waals surface area contributed by atoms with Gasteiger partial charge in [0.15, 0.2) is 5.69 Å². The summed E-state index contributed by atoms with van der Waals surface area (Å²) in [5, 5.41) is 14.0. The van der Waals surface area contributed by atoms with Crippen molar-refractivity contribution in [1.82, 2.24) is 14.6 Å². The molecule has 118 valence electrons. The van der Waals surface area contributed by atoms with Crippen LogP contribution in [-0.4, -0.2) is 45.5 Å². The number of esters is 1. The number of hydrogen-bond donors (Lipinski definition) is 2. The van der Waals surface area contributed by atoms with E-state index in [9.17, 15) is 14.7 Å². The van der Waals surface area contributed by atoms with E-state index in [-0.39, 0.29) is 24.1 Å². The van der Waals surface area contributed by atoms with Gasteiger partial charge in [-0.1, -0.05) is 0 Å². The Morgan fingerprint density at radius 3 is 2.95 bits per heavy atom. The molecule has 3 heterocycles. The number of nitrogens with zero attached hydrogens (tertiary/aromatic N) is 2. The van der Waals surface area contributed by atoms with Crippen LogP contribution in [0.4, 0.5) is 0 Å². The summed E-state index contributed by atoms with van der Waals surface area (Å²) in [6.45, 7) is 3.09. The maximum absolute atomic E-state index is 12.2. The summed E-state index contributed by atoms with van der Waals surface area (Å²) in [6.07, 6.45) is 1.43. The molecule has 1 aliphatic rings. The second kappa shape index (κ2) is 5.80. The molecule has 2 aromatic rings. The van der Waals surface area contributed by atoms with Gasteiger partial charge >= 0.3 is 5.97 Å². The van der Waals surface area contributed by atoms with Gasteiger partial charge in [0.05, 0.1) is 12.7 Å². The van der Waals surface area contributed by atoms with E-state index in [1.807, 2.05) is 0 Å². The molecule has 2 N–H and O–H groups in total. The highest BCUT2D eigenvalue weighted by Gasteiger charge is 2.29. The van der Waals surface area contributed by atoms with E-state index < -0.39 is 11.5 Å². The average molecular weight is 307 g/mol. The Bertz CT molecular complexity index is 758. The van der Waals surface area contributed by atoms with Crippen molar-refractivity contribution >= 4 is 11.6 Å². The lowest BCUT2D eigenvalue weighted by Gasteiger charge is -2.21. The summed E-state index contributed by atoms with van der Waals surface area (Å²) in [6, 6.07) is 1.02. The van der Waals surface area contributed by atoms with Crippen molar-refractivity contribution in [3.63, 3.8) is 0 Å². The van der Waals surface area contributed by atoms with Crippen molar-refractivity contribution in [2.24, 2.45) is 0 Å². The van der Waals surface area contributed by atoms with Crippen LogP contribution >= 0.6 is 0 Å². The monoisotopic (exact) mass is 307 g/mol. The van der Waals surface area contributed by atoms with Crippen LogP contribution in [0.3, 0.4) is 0 Å². The fourth-order valence-electron chi connectivity index (χ4n) is 2.77. The average Bonchev–Trinajstić information content (AvgIpc) is 2.88. The first-order valence-electron chi connectivity index (χ1n) is 7.21. The van der Waals surface area contributed by atoms with E-state index in [0.29, 0.717) is 37.3 Å². The molecule has 1 aliphatic heterocycles. The molecule has 0 aromatic carbocycles. The van der Waals surface area contributed by atoms with Gasteiger partial charge in [-0.15, -0.1) is 0 Å². The third-order valence-corrected chi connectivity index (χ3v) is 3.74. The zero-order valence-electron chi connectivity index (χ0n) is 12.2. The molecule has 2 aromatic heterocycles. The zero-order chi connectivity index (χ0) is 15.7. The molecule has 0 radical (unpaired) electrons. The Hall–Kier alpha value is -2.35. The minimum absolute atomic E-state index is 0.0168. The molecule has 0 atom stereocenters. The van der Waals surface area contributed by atoms with Gasteiger partial charge in [0.1, 0.15) is 5.65 Å². The number of H-pyrrole nitrogens is 1. The van der Waals surface area contributed by atoms with Crippen molar-refractivity contribution in [1.29, 1.82) is 0 Å². The quantitative estimate of drug-likeness (QED) is 0.812. The van der Waals surface area contributed by atoms with Crippen LogP contribution in [0, 0.1) is 0 Å². The molecule has 8 nitrogen and oxygen atoms in total. The fourth-order valence-corrected chi connectivity index (χ4v) is 2.77. The van der Waals surface area contributed by atoms with Crippen molar-refractivity contribution in [2.45, 2.75) is 25.7 Å². The minimum atomic E-state index is -0.562. The van der Waals surface area contributed by atoms with E-state index in [1.54, 1.807) is 6.92 Å². The highest BCUT2D eigenvalue weighted by molar-refractivity contribution is 5.91. The number of aromatic nitrogens is 3. The summed E-state index contributed by atoms with van der Waals surface area (Å²) in [7, 11) is 0. The number of carbonyl (C=O) groups excluding carboxylic acids is 1. The van der Waals surface area contributed by atoms with Crippen LogP contribution < -0.4 is 5.56 Å². The molecule has 3 rings (SSSR count). The first-order chi connectivity index (χ1) is 10.6. The van der Waals surface area contributed by atoms with Crippen LogP contribution in [0.2, 0.25) is 0 Å². The third-order valence-electron chi connectivity index (χ3n) is 3.74. The number of aromatic amines is 1. The first kappa shape index (κ1) is 14.6. The van der Waals surface area contributed by atoms with Gasteiger partial charge in [0.25, 0.3) is 5.56 Å². The number of ether oxygens (including phenoxy) is 2. The molecule has 0 aliphatic carbocycles. The van der Waals surface area contributed by atoms with Crippen LogP contribution in [0.15, 0.2) is 10.9 Å². The maximum atomic E-state index is 12.2. The SMILES string of the molecule is CCOC(=O)c1nn2c(O)cc(=O)[nH]c2c1C1CCOCC1. The van der Waals surface area contributed by atoms with Crippen molar-refractivity contribution in [3.8, 4) is 5.88 Å². The second-order valence-corrected chi connectivity index (χ2v) is 5.12. The Morgan fingerprint density at radius 2 is 2.27 bits per heavy atom. The lowest BCUT2D eigenvalue weighted by Crippen LogP contribution is -2.18. The number of fused-ring (bicyclic) bond motifs is 1. The van der Waals surface area contributed by atoms with Crippen molar-refractivity contribution in [3.05, 3.63) is 27.7 Å². The van der Waals surface area contributed by atoms with Gasteiger partial charge in [0, 0.05) is 18.8 Å². The predicted octanol–water partition coefficient (Wildman–Crippen LogP) is 0.799. The Labute approximate surface area is 125 Å². The van der Waals surface area contributed by atoms with Crippen molar-refractivity contribution in [2.75, 3.05) is 19.8 Å². The van der Waals surface area contributed by atoms with Crippen LogP contribution in [-0.2, 0) is 9.47 Å². The maximum Gasteiger partial charge on any atom is 0.359 e. The van der Waals surface area contributed by atoms with E-state index in [1.165, 1.54) is 4.52 Å². The molecule has 1 saturated heterocycles. The molecule has 22 heavy (non-hydrogen) atoms. The Balaban J connectivity index is 2.21. The third kappa shape index (κ3) is 2.45. The summed E-state index contributed by atoms with van der Waals surface area (Å²) in [4.78, 5) is 26.5. The van der Waals surface area contributed by atoms with Gasteiger partial charge < -0.3 is 19.6 Å². The molecule has 0 saturated carbocycles. The van der Waals surface area contributed by atoms with Crippen LogP contribution in [0.1, 0.15) is 41.7 Å². The van der Waals surface area contributed by atoms with E-state index in [0.717, 1.165) is 6.07 Å². The van der Waals surface area contributed by atoms with Crippen molar-refractivity contribution < 1.29 is 19.4 Å². The van der Waals surface area contributed by atoms with E-state index >= 15 is 0 Å². The number of aromatic hydroxyl groups is 1. The number of hydrogen-bond acceptors (Lipinski definition) is 6. The lowest BCUT2D eigenvalue weighted by molar-refractivity contribution is 0.0512. The smallest absolute Gasteiger partial charge is 0.359 e. The highest BCUT2D eigenvalue weighted by Crippen LogP contribution is 2.33. The van der Waals surface area contributed by atoms with Gasteiger partial charge in [-0.25, -0.2) is 4.79 Å². The summed E-state index contributed by atoms with van der Waals surface area (Å²) in [5.74, 6) is -0.862. The highest BCUT2D eigenvalue weighted by atomic mass is 16.5. The number of carbonyl (C=O) groups is 1. The summed E-state index contributed by atoms with van der Waals surface area (Å²) >= 11 is 0. The van der Waals surface area contributed by atoms with Crippen LogP contribution in [0.25, 0.3) is 5.65 Å². The largest absolute Gasteiger partial charge is 0.493 e. The zero-order valence-corrected chi connectivity index (χ0v) is 12.2. The summed E-state index contributed by atoms with van der Waals surface area (Å²) in [5.41, 5.74) is 0.620. The van der Waals surface area contributed by atoms with Gasteiger partial charge in [0.2, 0.25) is 5.88 Å². The number of rotatable bonds is 3. The fraction of sp³-hybridized carbons (Fsp3) is 0.500. The molecule has 0 amide bonds. The standard InChI is InChI=1S/C14H17N3O5/c1-2-22-14(20)12-11(8-3-5-21-6-4-8)13-15-9(18)7-10(19)17(13)16-12/h7-8,19H,2-6H2,1H3,(H,15,18). The molecule has 0 spiro atoms. The minimum Gasteiger partial charge on any atom is -0.493 e. The summed E-state index contributed by atoms with van der Waals surface area (Å²) < 4.78 is 11.5. The normalized spacial score (nSPS) is 16.0. The molecule has 1 fully saturated rings. The Kier molecular flexibility index (Phi) is 3.84. The van der Waals surface area contributed by atoms with E-state index in [4.69, 9.17) is 9.47 Å². The lowest BCUT2D eigenvalue weighted by atomic mass is 9.91. The molecular formula is C14H17N3O5. The second-order valence-electron chi connectivity index (χ2n) is 5.12. The van der Waals surface area contributed by atoms with Gasteiger partial charge in [-0.3, -0.25) is 4.79 Å². The van der Waals surface area contributed by atoms with E-state index in [2.05, 4.69) is 10.1 Å². The predicted molar refractivity (Wildman–Crippen MR) is 76.2 cm³/mol.